The molecule has 0 fully saturated rings. The molecule has 4 N–H and O–H groups in total. The number of nitrogens with two attached hydrogens (primary N) is 1. The molecule has 8 nitrogen and oxygen atoms in total. The van der Waals surface area contributed by atoms with Crippen LogP contribution in [0, 0.1) is 0 Å². The number of benzene rings is 1. The largest absolute Gasteiger partial charge is 0.384 e. The monoisotopic (exact) mass is 326 g/mol. The highest BCUT2D eigenvalue weighted by atomic mass is 16.2. The first-order valence-corrected chi connectivity index (χ1v) is 7.14. The highest BCUT2D eigenvalue weighted by Gasteiger charge is 2.32. The Morgan fingerprint density at radius 2 is 1.92 bits per heavy atom. The topological polar surface area (TPSA) is 123 Å². The summed E-state index contributed by atoms with van der Waals surface area (Å²) in [6, 6.07) is 7.80. The van der Waals surface area contributed by atoms with Gasteiger partial charge in [-0.1, -0.05) is 18.2 Å². The summed E-state index contributed by atoms with van der Waals surface area (Å²) in [5.41, 5.74) is 6.33. The zero-order chi connectivity index (χ0) is 17.4. The number of nitrogens with one attached hydrogen (secondary N) is 2. The van der Waals surface area contributed by atoms with Gasteiger partial charge in [0, 0.05) is 13.1 Å². The van der Waals surface area contributed by atoms with Crippen LogP contribution in [-0.2, 0) is 11.2 Å². The van der Waals surface area contributed by atoms with Crippen LogP contribution in [0.5, 0.6) is 0 Å². The van der Waals surface area contributed by atoms with E-state index in [9.17, 15) is 19.2 Å². The second-order valence-electron chi connectivity index (χ2n) is 5.25. The number of nitrogens with zero attached hydrogens (tertiary/aromatic N) is 1. The zero-order valence-electron chi connectivity index (χ0n) is 12.8. The molecule has 0 saturated carbocycles. The van der Waals surface area contributed by atoms with Crippen molar-refractivity contribution in [3.8, 4) is 5.69 Å². The minimum absolute atomic E-state index is 0.0330. The molecule has 0 atom stereocenters. The van der Waals surface area contributed by atoms with Gasteiger partial charge in [0.25, 0.3) is 17.4 Å². The maximum Gasteiger partial charge on any atom is 0.262 e. The van der Waals surface area contributed by atoms with E-state index in [-0.39, 0.29) is 29.3 Å². The lowest BCUT2D eigenvalue weighted by Crippen LogP contribution is -2.26. The second kappa shape index (κ2) is 5.65. The smallest absolute Gasteiger partial charge is 0.262 e. The van der Waals surface area contributed by atoms with Crippen LogP contribution in [0.4, 0.5) is 5.82 Å². The number of anilines is 1. The van der Waals surface area contributed by atoms with E-state index in [4.69, 9.17) is 5.73 Å². The average Bonchev–Trinajstić information content (AvgIpc) is 2.83. The molecule has 0 bridgehead atoms. The summed E-state index contributed by atoms with van der Waals surface area (Å²) in [5.74, 6) is -1.66. The van der Waals surface area contributed by atoms with Gasteiger partial charge in [-0.2, -0.15) is 0 Å². The van der Waals surface area contributed by atoms with E-state index in [0.29, 0.717) is 11.3 Å². The minimum atomic E-state index is -0.649. The summed E-state index contributed by atoms with van der Waals surface area (Å²) in [7, 11) is 1.51. The van der Waals surface area contributed by atoms with Crippen LogP contribution in [0.25, 0.3) is 5.69 Å². The van der Waals surface area contributed by atoms with Gasteiger partial charge in [-0.15, -0.1) is 0 Å². The molecule has 1 aliphatic rings. The highest BCUT2D eigenvalue weighted by molar-refractivity contribution is 6.23. The zero-order valence-corrected chi connectivity index (χ0v) is 12.8. The molecule has 2 aromatic rings. The normalized spacial score (nSPS) is 12.7. The molecule has 0 spiro atoms. The van der Waals surface area contributed by atoms with Crippen LogP contribution >= 0.6 is 0 Å². The number of carbonyl (C=O) groups is 3. The molecule has 8 heteroatoms. The Labute approximate surface area is 136 Å². The number of para-hydroxylation sites is 1. The lowest BCUT2D eigenvalue weighted by atomic mass is 10.1. The quantitative estimate of drug-likeness (QED) is 0.662. The molecule has 1 aromatic heterocycles. The van der Waals surface area contributed by atoms with Crippen LogP contribution in [0.15, 0.2) is 35.1 Å². The second-order valence-corrected chi connectivity index (χ2v) is 5.25. The standard InChI is InChI=1S/C16H14N4O4/c1-18-11(21)6-8-4-2-3-5-10(8)20-12(22)7-9-13(14(20)17)16(24)19-15(9)23/h2-5,7H,6,17H2,1H3,(H,18,21)(H,19,23,24). The van der Waals surface area contributed by atoms with Gasteiger partial charge in [-0.05, 0) is 11.6 Å². The predicted octanol–water partition coefficient (Wildman–Crippen LogP) is -0.408. The van der Waals surface area contributed by atoms with E-state index >= 15 is 0 Å². The summed E-state index contributed by atoms with van der Waals surface area (Å²) >= 11 is 0. The van der Waals surface area contributed by atoms with E-state index in [1.165, 1.54) is 7.05 Å². The molecular formula is C16H14N4O4. The summed E-state index contributed by atoms with van der Waals surface area (Å²) in [6.07, 6.45) is 0.0424. The fraction of sp³-hybridized carbons (Fsp3) is 0.125. The van der Waals surface area contributed by atoms with Crippen molar-refractivity contribution in [3.05, 3.63) is 57.4 Å². The van der Waals surface area contributed by atoms with E-state index < -0.39 is 17.4 Å². The number of imide groups is 1. The predicted molar refractivity (Wildman–Crippen MR) is 86.0 cm³/mol. The minimum Gasteiger partial charge on any atom is -0.384 e. The van der Waals surface area contributed by atoms with E-state index in [0.717, 1.165) is 10.6 Å². The fourth-order valence-electron chi connectivity index (χ4n) is 2.67. The fourth-order valence-corrected chi connectivity index (χ4v) is 2.67. The molecule has 24 heavy (non-hydrogen) atoms. The SMILES string of the molecule is CNC(=O)Cc1ccccc1-n1c(N)c2c(cc1=O)C(=O)NC2=O. The average molecular weight is 326 g/mol. The highest BCUT2D eigenvalue weighted by Crippen LogP contribution is 2.24. The number of likely N-dealkylation sites (N-methyl/N-ethyl adjacent to an activating group) is 1. The Kier molecular flexibility index (Phi) is 3.64. The number of fused-ring (bicyclic) bond motifs is 1. The van der Waals surface area contributed by atoms with Crippen molar-refractivity contribution in [2.45, 2.75) is 6.42 Å². The van der Waals surface area contributed by atoms with Gasteiger partial charge in [-0.25, -0.2) is 0 Å². The van der Waals surface area contributed by atoms with Crippen molar-refractivity contribution in [2.75, 3.05) is 12.8 Å². The molecule has 0 aliphatic carbocycles. The van der Waals surface area contributed by atoms with Gasteiger partial charge in [-0.3, -0.25) is 29.1 Å². The maximum absolute atomic E-state index is 12.5. The lowest BCUT2D eigenvalue weighted by molar-refractivity contribution is -0.119. The van der Waals surface area contributed by atoms with Crippen molar-refractivity contribution in [3.63, 3.8) is 0 Å². The molecular weight excluding hydrogens is 312 g/mol. The molecule has 0 radical (unpaired) electrons. The Morgan fingerprint density at radius 3 is 2.62 bits per heavy atom. The number of hydrogen-bond donors (Lipinski definition) is 3. The maximum atomic E-state index is 12.5. The van der Waals surface area contributed by atoms with Crippen LogP contribution in [0.2, 0.25) is 0 Å². The van der Waals surface area contributed by atoms with Crippen molar-refractivity contribution in [1.82, 2.24) is 15.2 Å². The first-order chi connectivity index (χ1) is 11.4. The van der Waals surface area contributed by atoms with Gasteiger partial charge in [0.15, 0.2) is 0 Å². The van der Waals surface area contributed by atoms with Crippen LogP contribution in [-0.4, -0.2) is 29.3 Å². The van der Waals surface area contributed by atoms with Gasteiger partial charge >= 0.3 is 0 Å². The van der Waals surface area contributed by atoms with Crippen LogP contribution in [0.1, 0.15) is 26.3 Å². The third-order valence-electron chi connectivity index (χ3n) is 3.82. The third kappa shape index (κ3) is 2.34. The molecule has 3 amide bonds. The first-order valence-electron chi connectivity index (χ1n) is 7.14. The molecule has 122 valence electrons. The Hall–Kier alpha value is -3.42. The number of aromatic nitrogens is 1. The van der Waals surface area contributed by atoms with Crippen LogP contribution < -0.4 is 21.9 Å². The number of amides is 3. The molecule has 2 heterocycles. The number of hydrogen-bond acceptors (Lipinski definition) is 5. The Morgan fingerprint density at radius 1 is 1.21 bits per heavy atom. The Balaban J connectivity index is 2.24. The van der Waals surface area contributed by atoms with Crippen molar-refractivity contribution in [1.29, 1.82) is 0 Å². The Bertz CT molecular complexity index is 946. The molecule has 1 aromatic carbocycles. The molecule has 0 saturated heterocycles. The number of pyridine rings is 1. The number of carbonyl (C=O) groups excluding carboxylic acids is 3. The molecule has 1 aliphatic heterocycles. The van der Waals surface area contributed by atoms with Gasteiger partial charge in [0.05, 0.1) is 23.2 Å². The third-order valence-corrected chi connectivity index (χ3v) is 3.82. The van der Waals surface area contributed by atoms with Crippen molar-refractivity contribution >= 4 is 23.5 Å². The van der Waals surface area contributed by atoms with Gasteiger partial charge in [0.1, 0.15) is 5.82 Å². The summed E-state index contributed by atoms with van der Waals surface area (Å²) in [6.45, 7) is 0. The number of nitrogen functional groups attached to an aromatic ring is 1. The van der Waals surface area contributed by atoms with Crippen molar-refractivity contribution in [2.24, 2.45) is 0 Å². The summed E-state index contributed by atoms with van der Waals surface area (Å²) in [5, 5.41) is 4.62. The number of rotatable bonds is 3. The van der Waals surface area contributed by atoms with Gasteiger partial charge in [0.2, 0.25) is 5.91 Å². The molecule has 3 rings (SSSR count). The van der Waals surface area contributed by atoms with E-state index in [2.05, 4.69) is 10.6 Å². The lowest BCUT2D eigenvalue weighted by Gasteiger charge is -2.15. The molecule has 0 unspecified atom stereocenters. The van der Waals surface area contributed by atoms with Crippen molar-refractivity contribution < 1.29 is 14.4 Å². The van der Waals surface area contributed by atoms with E-state index in [1.807, 2.05) is 0 Å². The van der Waals surface area contributed by atoms with Gasteiger partial charge < -0.3 is 11.1 Å². The first kappa shape index (κ1) is 15.5. The summed E-state index contributed by atoms with van der Waals surface area (Å²) < 4.78 is 1.13. The summed E-state index contributed by atoms with van der Waals surface area (Å²) in [4.78, 5) is 47.7. The van der Waals surface area contributed by atoms with E-state index in [1.54, 1.807) is 24.3 Å². The van der Waals surface area contributed by atoms with Crippen LogP contribution in [0.3, 0.4) is 0 Å².